The average molecular weight is 727 g/mol. The van der Waals surface area contributed by atoms with Crippen LogP contribution in [0.4, 0.5) is 0 Å². The second-order valence-electron chi connectivity index (χ2n) is 15.2. The molecule has 0 bridgehead atoms. The molecule has 8 nitrogen and oxygen atoms in total. The number of phosphoric acid groups is 1. The predicted octanol–water partition coefficient (Wildman–Crippen LogP) is 11.5. The molecule has 0 saturated carbocycles. The molecule has 0 spiro atoms. The third-order valence-corrected chi connectivity index (χ3v) is 10.1. The van der Waals surface area contributed by atoms with Gasteiger partial charge in [-0.05, 0) is 37.8 Å². The lowest BCUT2D eigenvalue weighted by atomic mass is 10.0. The lowest BCUT2D eigenvalue weighted by Crippen LogP contribution is -2.35. The van der Waals surface area contributed by atoms with Gasteiger partial charge in [0.15, 0.2) is 0 Å². The van der Waals surface area contributed by atoms with E-state index in [2.05, 4.69) is 28.1 Å². The highest BCUT2D eigenvalue weighted by Crippen LogP contribution is 2.43. The molecule has 0 heterocycles. The van der Waals surface area contributed by atoms with E-state index in [1.165, 1.54) is 129 Å². The number of carbonyl (C=O) groups is 1. The molecule has 1 aromatic carbocycles. The summed E-state index contributed by atoms with van der Waals surface area (Å²) in [5.74, 6) is -0.521. The Balaban J connectivity index is 2.19. The summed E-state index contributed by atoms with van der Waals surface area (Å²) in [5.41, 5.74) is 0.405. The van der Waals surface area contributed by atoms with Crippen LogP contribution >= 0.6 is 7.82 Å². The van der Waals surface area contributed by atoms with Crippen LogP contribution in [0.2, 0.25) is 0 Å². The normalized spacial score (nSPS) is 13.7. The molecular formula is C41H77NO7P+. The number of hydrogen-bond donors (Lipinski definition) is 1. The van der Waals surface area contributed by atoms with Crippen LogP contribution in [0.25, 0.3) is 0 Å². The fraction of sp³-hybridized carbons (Fsp3) is 0.829. The van der Waals surface area contributed by atoms with Crippen LogP contribution in [0.3, 0.4) is 0 Å². The summed E-state index contributed by atoms with van der Waals surface area (Å²) in [7, 11) is 2.42. The molecular weight excluding hydrogens is 649 g/mol. The van der Waals surface area contributed by atoms with Crippen molar-refractivity contribution in [2.45, 2.75) is 167 Å². The van der Waals surface area contributed by atoms with Crippen molar-refractivity contribution in [2.75, 3.05) is 54.1 Å². The Morgan fingerprint density at radius 3 is 1.54 bits per heavy atom. The van der Waals surface area contributed by atoms with E-state index in [4.69, 9.17) is 18.5 Å². The van der Waals surface area contributed by atoms with Gasteiger partial charge in [-0.1, -0.05) is 154 Å². The molecule has 1 rings (SSSR count). The molecule has 9 heteroatoms. The van der Waals surface area contributed by atoms with Crippen LogP contribution in [0, 0.1) is 0 Å². The first-order valence-electron chi connectivity index (χ1n) is 20.4. The number of unbranched alkanes of at least 4 members (excludes halogenated alkanes) is 22. The van der Waals surface area contributed by atoms with E-state index in [9.17, 15) is 14.3 Å². The first kappa shape index (κ1) is 46.7. The number of esters is 1. The second-order valence-corrected chi connectivity index (χ2v) is 16.7. The monoisotopic (exact) mass is 727 g/mol. The second kappa shape index (κ2) is 31.3. The van der Waals surface area contributed by atoms with Gasteiger partial charge in [-0.15, -0.1) is 0 Å². The summed E-state index contributed by atoms with van der Waals surface area (Å²) in [5, 5.41) is 0. The summed E-state index contributed by atoms with van der Waals surface area (Å²) in [6.45, 7) is 3.99. The number of rotatable bonds is 36. The molecule has 0 aliphatic rings. The minimum absolute atomic E-state index is 0.0899. The first-order chi connectivity index (χ1) is 24.1. The van der Waals surface area contributed by atoms with Crippen molar-refractivity contribution in [3.63, 3.8) is 0 Å². The van der Waals surface area contributed by atoms with Crippen molar-refractivity contribution in [1.82, 2.24) is 0 Å². The number of hydrogen-bond acceptors (Lipinski definition) is 6. The third kappa shape index (κ3) is 30.4. The summed E-state index contributed by atoms with van der Waals surface area (Å²) in [6.07, 6.45) is 29.1. The standard InChI is InChI=1S/C41H76NO7P/c1-5-6-7-8-9-10-11-12-13-14-15-16-18-21-24-30-35-46-37-40(49-41(43)39-32-27-26-28-33-39)38-48-50(44,45)47-36-31-25-22-19-17-20-23-29-34-42(2,3)4/h26-28,32-33,40H,5-25,29-31,34-38H2,1-4H3/p+1. The quantitative estimate of drug-likeness (QED) is 0.0318. The van der Waals surface area contributed by atoms with Crippen LogP contribution in [-0.4, -0.2) is 75.6 Å². The molecule has 50 heavy (non-hydrogen) atoms. The fourth-order valence-corrected chi connectivity index (χ4v) is 6.81. The molecule has 1 N–H and O–H groups in total. The van der Waals surface area contributed by atoms with Crippen molar-refractivity contribution in [2.24, 2.45) is 0 Å². The minimum Gasteiger partial charge on any atom is -0.454 e. The Kier molecular flexibility index (Phi) is 29.2. The maximum Gasteiger partial charge on any atom is 0.472 e. The Morgan fingerprint density at radius 1 is 0.620 bits per heavy atom. The molecule has 0 aliphatic heterocycles. The number of phosphoric ester groups is 1. The van der Waals surface area contributed by atoms with E-state index in [0.717, 1.165) is 30.2 Å². The molecule has 0 amide bonds. The molecule has 0 aromatic heterocycles. The molecule has 292 valence electrons. The summed E-state index contributed by atoms with van der Waals surface area (Å²) >= 11 is 0. The molecule has 0 aliphatic carbocycles. The van der Waals surface area contributed by atoms with Gasteiger partial charge in [-0.3, -0.25) is 9.05 Å². The maximum atomic E-state index is 12.7. The number of ether oxygens (including phenoxy) is 2. The fourth-order valence-electron chi connectivity index (χ4n) is 6.02. The van der Waals surface area contributed by atoms with Crippen molar-refractivity contribution in [1.29, 1.82) is 0 Å². The molecule has 0 fully saturated rings. The highest BCUT2D eigenvalue weighted by molar-refractivity contribution is 7.47. The topological polar surface area (TPSA) is 91.3 Å². The number of nitrogens with zero attached hydrogens (tertiary/aromatic N) is 1. The maximum absolute atomic E-state index is 12.7. The van der Waals surface area contributed by atoms with E-state index in [1.807, 2.05) is 6.07 Å². The number of benzene rings is 1. The minimum atomic E-state index is -4.28. The SMILES string of the molecule is CCCCCCCCCCCCCCCCCCOCC(COP(=O)(O)OCCCCCCCCCC[N+](C)(C)C)OC(=O)c1ccccc1. The lowest BCUT2D eigenvalue weighted by Gasteiger charge is -2.23. The highest BCUT2D eigenvalue weighted by atomic mass is 31.2. The van der Waals surface area contributed by atoms with Crippen molar-refractivity contribution in [3.05, 3.63) is 35.9 Å². The van der Waals surface area contributed by atoms with Gasteiger partial charge in [0.25, 0.3) is 0 Å². The van der Waals surface area contributed by atoms with E-state index < -0.39 is 19.9 Å². The van der Waals surface area contributed by atoms with Gasteiger partial charge in [-0.25, -0.2) is 9.36 Å². The zero-order valence-electron chi connectivity index (χ0n) is 32.8. The van der Waals surface area contributed by atoms with Crippen LogP contribution in [-0.2, 0) is 23.1 Å². The van der Waals surface area contributed by atoms with Gasteiger partial charge < -0.3 is 18.9 Å². The Bertz CT molecular complexity index is 956. The largest absolute Gasteiger partial charge is 0.472 e. The van der Waals surface area contributed by atoms with Crippen molar-refractivity contribution < 1.29 is 37.3 Å². The van der Waals surface area contributed by atoms with Crippen LogP contribution in [0.15, 0.2) is 30.3 Å². The smallest absolute Gasteiger partial charge is 0.454 e. The Hall–Kier alpha value is -1.28. The van der Waals surface area contributed by atoms with Gasteiger partial charge in [0, 0.05) is 6.61 Å². The average Bonchev–Trinajstić information content (AvgIpc) is 3.08. The molecule has 0 saturated heterocycles. The zero-order valence-corrected chi connectivity index (χ0v) is 33.7. The van der Waals surface area contributed by atoms with Gasteiger partial charge in [0.2, 0.25) is 0 Å². The summed E-state index contributed by atoms with van der Waals surface area (Å²) in [6, 6.07) is 8.69. The molecule has 2 unspecified atom stereocenters. The zero-order chi connectivity index (χ0) is 36.6. The molecule has 0 radical (unpaired) electrons. The van der Waals surface area contributed by atoms with Gasteiger partial charge >= 0.3 is 13.8 Å². The van der Waals surface area contributed by atoms with E-state index in [-0.39, 0.29) is 19.8 Å². The highest BCUT2D eigenvalue weighted by Gasteiger charge is 2.25. The molecule has 2 atom stereocenters. The van der Waals surface area contributed by atoms with Crippen LogP contribution in [0.1, 0.15) is 171 Å². The first-order valence-corrected chi connectivity index (χ1v) is 21.9. The predicted molar refractivity (Wildman–Crippen MR) is 208 cm³/mol. The van der Waals surface area contributed by atoms with Crippen molar-refractivity contribution in [3.8, 4) is 0 Å². The van der Waals surface area contributed by atoms with Crippen molar-refractivity contribution >= 4 is 13.8 Å². The third-order valence-electron chi connectivity index (χ3n) is 9.13. The lowest BCUT2D eigenvalue weighted by molar-refractivity contribution is -0.870. The van der Waals surface area contributed by atoms with E-state index >= 15 is 0 Å². The summed E-state index contributed by atoms with van der Waals surface area (Å²) in [4.78, 5) is 22.9. The number of carbonyl (C=O) groups excluding carboxylic acids is 1. The van der Waals surface area contributed by atoms with Crippen LogP contribution < -0.4 is 0 Å². The number of quaternary nitrogens is 1. The summed E-state index contributed by atoms with van der Waals surface area (Å²) < 4.78 is 35.5. The van der Waals surface area contributed by atoms with E-state index in [0.29, 0.717) is 18.6 Å². The van der Waals surface area contributed by atoms with Gasteiger partial charge in [-0.2, -0.15) is 0 Å². The van der Waals surface area contributed by atoms with Crippen LogP contribution in [0.5, 0.6) is 0 Å². The van der Waals surface area contributed by atoms with Gasteiger partial charge in [0.1, 0.15) is 6.10 Å². The Labute approximate surface area is 307 Å². The van der Waals surface area contributed by atoms with Gasteiger partial charge in [0.05, 0.1) is 53.1 Å². The Morgan fingerprint density at radius 2 is 1.06 bits per heavy atom. The molecule has 1 aromatic rings. The van der Waals surface area contributed by atoms with E-state index in [1.54, 1.807) is 24.3 Å².